The third-order valence-corrected chi connectivity index (χ3v) is 12.9. The van der Waals surface area contributed by atoms with Crippen LogP contribution in [0.25, 0.3) is 66.4 Å². The third kappa shape index (κ3) is 7.59. The van der Waals surface area contributed by atoms with Crippen molar-refractivity contribution in [2.45, 2.75) is 0 Å². The van der Waals surface area contributed by atoms with Gasteiger partial charge in [0.2, 0.25) is 0 Å². The molecule has 67 heavy (non-hydrogen) atoms. The van der Waals surface area contributed by atoms with Crippen LogP contribution in [0, 0.1) is 0 Å². The molecule has 0 amide bonds. The van der Waals surface area contributed by atoms with Gasteiger partial charge in [0.25, 0.3) is 0 Å². The maximum absolute atomic E-state index is 7.17. The van der Waals surface area contributed by atoms with Crippen molar-refractivity contribution in [2.75, 3.05) is 9.80 Å². The number of para-hydroxylation sites is 2. The van der Waals surface area contributed by atoms with Crippen molar-refractivity contribution in [3.05, 3.63) is 267 Å². The Morgan fingerprint density at radius 3 is 1.10 bits per heavy atom. The van der Waals surface area contributed by atoms with Gasteiger partial charge in [-0.05, 0) is 128 Å². The summed E-state index contributed by atoms with van der Waals surface area (Å²) < 4.78 is 7.17. The van der Waals surface area contributed by atoms with Crippen molar-refractivity contribution >= 4 is 44.9 Å². The van der Waals surface area contributed by atoms with Crippen molar-refractivity contribution in [3.8, 4) is 67.1 Å². The average molecular weight is 857 g/mol. The fraction of sp³-hybridized carbons (Fsp3) is 0. The number of fused-ring (bicyclic) bond motifs is 2. The minimum absolute atomic E-state index is 0.820. The summed E-state index contributed by atoms with van der Waals surface area (Å²) in [5.74, 6) is 1.65. The molecule has 0 fully saturated rings. The van der Waals surface area contributed by atoms with Gasteiger partial charge in [-0.2, -0.15) is 0 Å². The molecule has 3 nitrogen and oxygen atoms in total. The van der Waals surface area contributed by atoms with E-state index in [-0.39, 0.29) is 0 Å². The van der Waals surface area contributed by atoms with Gasteiger partial charge in [-0.1, -0.05) is 194 Å². The van der Waals surface area contributed by atoms with Gasteiger partial charge in [0.15, 0.2) is 5.75 Å². The summed E-state index contributed by atoms with van der Waals surface area (Å²) in [6, 6.07) is 95.2. The minimum Gasteiger partial charge on any atom is -0.454 e. The van der Waals surface area contributed by atoms with E-state index in [0.717, 1.165) is 78.6 Å². The van der Waals surface area contributed by atoms with E-state index in [9.17, 15) is 0 Å². The smallest absolute Gasteiger partial charge is 0.159 e. The molecule has 0 radical (unpaired) electrons. The Kier molecular flexibility index (Phi) is 10.2. The van der Waals surface area contributed by atoms with Crippen LogP contribution in [0.2, 0.25) is 0 Å². The Bertz CT molecular complexity index is 3320. The van der Waals surface area contributed by atoms with Gasteiger partial charge in [-0.15, -0.1) is 0 Å². The molecule has 316 valence electrons. The molecule has 0 unspecified atom stereocenters. The molecule has 0 saturated heterocycles. The lowest BCUT2D eigenvalue weighted by molar-refractivity contribution is 0.488. The lowest BCUT2D eigenvalue weighted by atomic mass is 9.93. The highest BCUT2D eigenvalue weighted by molar-refractivity contribution is 6.08. The van der Waals surface area contributed by atoms with Gasteiger partial charge in [0.1, 0.15) is 5.75 Å². The molecule has 0 aromatic heterocycles. The Hall–Kier alpha value is -8.92. The summed E-state index contributed by atoms with van der Waals surface area (Å²) >= 11 is 0. The fourth-order valence-electron chi connectivity index (χ4n) is 9.51. The zero-order valence-corrected chi connectivity index (χ0v) is 36.7. The molecule has 11 aromatic rings. The predicted octanol–water partition coefficient (Wildman–Crippen LogP) is 18.2. The van der Waals surface area contributed by atoms with Crippen molar-refractivity contribution in [3.63, 3.8) is 0 Å². The van der Waals surface area contributed by atoms with Gasteiger partial charge in [-0.3, -0.25) is 0 Å². The molecular formula is C64H44N2O. The normalized spacial score (nSPS) is 11.4. The molecule has 1 aliphatic rings. The van der Waals surface area contributed by atoms with Crippen LogP contribution in [0.3, 0.4) is 0 Å². The Morgan fingerprint density at radius 2 is 0.642 bits per heavy atom. The zero-order chi connectivity index (χ0) is 44.5. The van der Waals surface area contributed by atoms with E-state index in [1.165, 1.54) is 33.4 Å². The lowest BCUT2D eigenvalue weighted by Gasteiger charge is -2.31. The predicted molar refractivity (Wildman–Crippen MR) is 281 cm³/mol. The molecule has 0 spiro atoms. The molecule has 0 atom stereocenters. The van der Waals surface area contributed by atoms with E-state index in [1.807, 2.05) is 0 Å². The molecule has 1 heterocycles. The maximum atomic E-state index is 7.17. The van der Waals surface area contributed by atoms with E-state index in [4.69, 9.17) is 4.74 Å². The van der Waals surface area contributed by atoms with E-state index >= 15 is 0 Å². The number of ether oxygens (including phenoxy) is 1. The summed E-state index contributed by atoms with van der Waals surface area (Å²) in [4.78, 5) is 4.64. The van der Waals surface area contributed by atoms with Gasteiger partial charge < -0.3 is 14.5 Å². The first-order valence-electron chi connectivity index (χ1n) is 22.8. The van der Waals surface area contributed by atoms with Gasteiger partial charge in [-0.25, -0.2) is 0 Å². The van der Waals surface area contributed by atoms with Crippen LogP contribution in [-0.4, -0.2) is 0 Å². The van der Waals surface area contributed by atoms with Gasteiger partial charge in [0.05, 0.1) is 5.69 Å². The monoisotopic (exact) mass is 856 g/mol. The Labute approximate surface area is 391 Å². The van der Waals surface area contributed by atoms with Crippen LogP contribution in [0.5, 0.6) is 11.5 Å². The second kappa shape index (κ2) is 17.2. The van der Waals surface area contributed by atoms with E-state index < -0.39 is 0 Å². The van der Waals surface area contributed by atoms with Crippen LogP contribution < -0.4 is 14.5 Å². The topological polar surface area (TPSA) is 15.7 Å². The molecule has 0 N–H and O–H groups in total. The van der Waals surface area contributed by atoms with Crippen LogP contribution in [-0.2, 0) is 0 Å². The molecule has 12 rings (SSSR count). The summed E-state index contributed by atoms with van der Waals surface area (Å²) in [7, 11) is 0. The van der Waals surface area contributed by atoms with Gasteiger partial charge >= 0.3 is 0 Å². The first-order chi connectivity index (χ1) is 33.2. The second-order valence-electron chi connectivity index (χ2n) is 16.9. The molecule has 11 aromatic carbocycles. The SMILES string of the molecule is c1ccc(-c2ccc(-c3ccc(N(c4ccc(-c5ccc(-c6ccccc6)cc5)cc4)c4ccc5cccc6c5c4Oc4ccc(N(c5ccccc5)c5ccccc5)cc4-6)cc3)cc2)cc1. The quantitative estimate of drug-likeness (QED) is 0.136. The number of hydrogen-bond donors (Lipinski definition) is 0. The zero-order valence-electron chi connectivity index (χ0n) is 36.7. The number of nitrogens with zero attached hydrogens (tertiary/aromatic N) is 2. The highest BCUT2D eigenvalue weighted by Gasteiger charge is 2.28. The molecule has 1 aliphatic heterocycles. The summed E-state index contributed by atoms with van der Waals surface area (Å²) in [5, 5.41) is 2.21. The van der Waals surface area contributed by atoms with E-state index in [2.05, 4.69) is 277 Å². The van der Waals surface area contributed by atoms with Crippen LogP contribution in [0.15, 0.2) is 267 Å². The van der Waals surface area contributed by atoms with E-state index in [1.54, 1.807) is 0 Å². The minimum atomic E-state index is 0.820. The van der Waals surface area contributed by atoms with Crippen molar-refractivity contribution < 1.29 is 4.74 Å². The van der Waals surface area contributed by atoms with Crippen LogP contribution >= 0.6 is 0 Å². The lowest BCUT2D eigenvalue weighted by Crippen LogP contribution is -2.13. The van der Waals surface area contributed by atoms with E-state index in [0.29, 0.717) is 0 Å². The molecule has 0 aliphatic carbocycles. The summed E-state index contributed by atoms with van der Waals surface area (Å²) in [5.41, 5.74) is 17.9. The number of hydrogen-bond acceptors (Lipinski definition) is 3. The highest BCUT2D eigenvalue weighted by atomic mass is 16.5. The summed E-state index contributed by atoms with van der Waals surface area (Å²) in [6.07, 6.45) is 0. The molecular weight excluding hydrogens is 813 g/mol. The van der Waals surface area contributed by atoms with Crippen molar-refractivity contribution in [1.29, 1.82) is 0 Å². The van der Waals surface area contributed by atoms with Crippen LogP contribution in [0.1, 0.15) is 0 Å². The standard InChI is InChI=1S/C64H44N2O/c1-5-14-45(15-6-1)47-24-28-49(29-25-47)51-32-37-56(38-33-51)66(57-39-34-52(35-40-57)50-30-26-48(27-31-50)46-16-7-2-8-17-46)61-42-36-53-18-13-23-59-60-44-58(41-43-62(60)67-64(61)63(53)59)65(54-19-9-3-10-20-54)55-21-11-4-12-22-55/h1-44H. The highest BCUT2D eigenvalue weighted by Crippen LogP contribution is 2.54. The molecule has 0 saturated carbocycles. The van der Waals surface area contributed by atoms with Gasteiger partial charge in [0, 0.05) is 39.4 Å². The number of rotatable bonds is 10. The van der Waals surface area contributed by atoms with Crippen molar-refractivity contribution in [2.24, 2.45) is 0 Å². The second-order valence-corrected chi connectivity index (χ2v) is 16.9. The fourth-order valence-corrected chi connectivity index (χ4v) is 9.51. The summed E-state index contributed by atoms with van der Waals surface area (Å²) in [6.45, 7) is 0. The maximum Gasteiger partial charge on any atom is 0.159 e. The van der Waals surface area contributed by atoms with Crippen molar-refractivity contribution in [1.82, 2.24) is 0 Å². The first-order valence-corrected chi connectivity index (χ1v) is 22.8. The molecule has 0 bridgehead atoms. The third-order valence-electron chi connectivity index (χ3n) is 12.9. The van der Waals surface area contributed by atoms with Crippen LogP contribution in [0.4, 0.5) is 34.1 Å². The number of anilines is 6. The molecule has 3 heteroatoms. The number of benzene rings is 11. The largest absolute Gasteiger partial charge is 0.454 e. The Balaban J connectivity index is 0.955. The average Bonchev–Trinajstić information content (AvgIpc) is 3.41. The first kappa shape index (κ1) is 39.7. The Morgan fingerprint density at radius 1 is 0.254 bits per heavy atom.